The van der Waals surface area contributed by atoms with Crippen LogP contribution in [0.15, 0.2) is 18.2 Å². The Morgan fingerprint density at radius 3 is 2.94 bits per heavy atom. The monoisotopic (exact) mass is 237 g/mol. The van der Waals surface area contributed by atoms with Gasteiger partial charge in [-0.2, -0.15) is 0 Å². The third kappa shape index (κ3) is 2.12. The molecular formula is C11H12FN3O2. The zero-order valence-electron chi connectivity index (χ0n) is 9.16. The lowest BCUT2D eigenvalue weighted by atomic mass is 10.1. The maximum atomic E-state index is 13.1. The number of carbonyl (C=O) groups is 2. The fourth-order valence-electron chi connectivity index (χ4n) is 1.73. The number of carbonyl (C=O) groups excluding carboxylic acids is 2. The Morgan fingerprint density at radius 1 is 1.59 bits per heavy atom. The van der Waals surface area contributed by atoms with Crippen molar-refractivity contribution >= 4 is 17.5 Å². The largest absolute Gasteiger partial charge is 0.368 e. The molecule has 1 heterocycles. The molecule has 4 N–H and O–H groups in total. The van der Waals surface area contributed by atoms with E-state index in [4.69, 9.17) is 5.73 Å². The molecule has 90 valence electrons. The van der Waals surface area contributed by atoms with Gasteiger partial charge in [0.2, 0.25) is 11.8 Å². The summed E-state index contributed by atoms with van der Waals surface area (Å²) in [7, 11) is 0. The van der Waals surface area contributed by atoms with Gasteiger partial charge in [0, 0.05) is 11.3 Å². The summed E-state index contributed by atoms with van der Waals surface area (Å²) in [6, 6.07) is 2.60. The molecule has 1 aromatic carbocycles. The topological polar surface area (TPSA) is 84.2 Å². The Bertz CT molecular complexity index is 490. The van der Waals surface area contributed by atoms with Crippen LogP contribution >= 0.6 is 0 Å². The van der Waals surface area contributed by atoms with Gasteiger partial charge in [-0.3, -0.25) is 14.9 Å². The van der Waals surface area contributed by atoms with Gasteiger partial charge in [0.1, 0.15) is 11.9 Å². The van der Waals surface area contributed by atoms with Crippen LogP contribution in [0.5, 0.6) is 0 Å². The molecule has 2 rings (SSSR count). The number of hydrogen-bond donors (Lipinski definition) is 3. The van der Waals surface area contributed by atoms with E-state index in [1.165, 1.54) is 18.2 Å². The first-order valence-electron chi connectivity index (χ1n) is 5.14. The summed E-state index contributed by atoms with van der Waals surface area (Å²) in [6.07, 6.45) is 0. The molecule has 1 aromatic rings. The Labute approximate surface area is 97.2 Å². The van der Waals surface area contributed by atoms with Crippen LogP contribution in [-0.4, -0.2) is 17.9 Å². The number of benzene rings is 1. The molecule has 2 atom stereocenters. The van der Waals surface area contributed by atoms with E-state index < -0.39 is 23.8 Å². The Balaban J connectivity index is 2.28. The third-order valence-electron chi connectivity index (χ3n) is 2.69. The predicted molar refractivity (Wildman–Crippen MR) is 59.6 cm³/mol. The lowest BCUT2D eigenvalue weighted by Gasteiger charge is -2.15. The Kier molecular flexibility index (Phi) is 2.81. The standard InChI is InChI=1S/C11H12FN3O2/c1-5(10(13)16)14-9-7-4-6(12)2-3-8(7)15-11(9)17/h2-5,9,14H,1H3,(H2,13,16)(H,15,17). The summed E-state index contributed by atoms with van der Waals surface area (Å²) in [5, 5.41) is 5.36. The molecule has 2 amide bonds. The molecule has 0 saturated heterocycles. The van der Waals surface area contributed by atoms with Crippen molar-refractivity contribution < 1.29 is 14.0 Å². The van der Waals surface area contributed by atoms with E-state index in [1.807, 2.05) is 0 Å². The van der Waals surface area contributed by atoms with E-state index in [1.54, 1.807) is 6.92 Å². The number of rotatable bonds is 3. The van der Waals surface area contributed by atoms with Crippen LogP contribution in [0.1, 0.15) is 18.5 Å². The molecule has 1 aliphatic heterocycles. The number of primary amides is 1. The van der Waals surface area contributed by atoms with Crippen molar-refractivity contribution in [3.8, 4) is 0 Å². The van der Waals surface area contributed by atoms with Gasteiger partial charge in [-0.05, 0) is 25.1 Å². The van der Waals surface area contributed by atoms with Crippen molar-refractivity contribution in [2.45, 2.75) is 19.0 Å². The molecule has 5 nitrogen and oxygen atoms in total. The number of fused-ring (bicyclic) bond motifs is 1. The summed E-state index contributed by atoms with van der Waals surface area (Å²) in [4.78, 5) is 22.6. The minimum Gasteiger partial charge on any atom is -0.368 e. The Hall–Kier alpha value is -1.95. The zero-order chi connectivity index (χ0) is 12.6. The van der Waals surface area contributed by atoms with Crippen LogP contribution < -0.4 is 16.4 Å². The molecule has 2 unspecified atom stereocenters. The first-order chi connectivity index (χ1) is 7.99. The van der Waals surface area contributed by atoms with Crippen LogP contribution in [0, 0.1) is 5.82 Å². The van der Waals surface area contributed by atoms with Gasteiger partial charge in [0.05, 0.1) is 6.04 Å². The number of hydrogen-bond acceptors (Lipinski definition) is 3. The average molecular weight is 237 g/mol. The van der Waals surface area contributed by atoms with Gasteiger partial charge in [-0.25, -0.2) is 4.39 Å². The normalized spacial score (nSPS) is 19.6. The number of nitrogens with one attached hydrogen (secondary N) is 2. The summed E-state index contributed by atoms with van der Waals surface area (Å²) in [6.45, 7) is 1.55. The van der Waals surface area contributed by atoms with Crippen molar-refractivity contribution in [2.24, 2.45) is 5.73 Å². The van der Waals surface area contributed by atoms with E-state index >= 15 is 0 Å². The van der Waals surface area contributed by atoms with Crippen molar-refractivity contribution in [1.82, 2.24) is 5.32 Å². The van der Waals surface area contributed by atoms with Gasteiger partial charge in [0.15, 0.2) is 0 Å². The lowest BCUT2D eigenvalue weighted by Crippen LogP contribution is -2.42. The highest BCUT2D eigenvalue weighted by Gasteiger charge is 2.32. The van der Waals surface area contributed by atoms with Crippen LogP contribution in [-0.2, 0) is 9.59 Å². The molecule has 6 heteroatoms. The first-order valence-corrected chi connectivity index (χ1v) is 5.14. The molecular weight excluding hydrogens is 225 g/mol. The molecule has 0 bridgehead atoms. The zero-order valence-corrected chi connectivity index (χ0v) is 9.16. The smallest absolute Gasteiger partial charge is 0.246 e. The highest BCUT2D eigenvalue weighted by molar-refractivity contribution is 6.02. The second-order valence-electron chi connectivity index (χ2n) is 3.94. The SMILES string of the molecule is CC(NC1C(=O)Nc2ccc(F)cc21)C(N)=O. The minimum absolute atomic E-state index is 0.321. The fourth-order valence-corrected chi connectivity index (χ4v) is 1.73. The number of amides is 2. The Morgan fingerprint density at radius 2 is 2.29 bits per heavy atom. The van der Waals surface area contributed by atoms with E-state index in [-0.39, 0.29) is 5.91 Å². The second-order valence-corrected chi connectivity index (χ2v) is 3.94. The van der Waals surface area contributed by atoms with Crippen LogP contribution in [0.3, 0.4) is 0 Å². The van der Waals surface area contributed by atoms with E-state index in [0.29, 0.717) is 11.3 Å². The molecule has 17 heavy (non-hydrogen) atoms. The molecule has 1 aliphatic rings. The highest BCUT2D eigenvalue weighted by atomic mass is 19.1. The minimum atomic E-state index is -0.747. The number of anilines is 1. The van der Waals surface area contributed by atoms with Crippen LogP contribution in [0.4, 0.5) is 10.1 Å². The molecule has 0 saturated carbocycles. The van der Waals surface area contributed by atoms with Crippen molar-refractivity contribution in [3.05, 3.63) is 29.6 Å². The summed E-state index contributed by atoms with van der Waals surface area (Å²) < 4.78 is 13.1. The molecule has 0 spiro atoms. The maximum absolute atomic E-state index is 13.1. The van der Waals surface area contributed by atoms with E-state index in [9.17, 15) is 14.0 Å². The average Bonchev–Trinajstić information content (AvgIpc) is 2.55. The van der Waals surface area contributed by atoms with Gasteiger partial charge < -0.3 is 11.1 Å². The summed E-state index contributed by atoms with van der Waals surface area (Å²) in [5.41, 5.74) is 6.14. The van der Waals surface area contributed by atoms with Crippen LogP contribution in [0.2, 0.25) is 0 Å². The number of nitrogens with two attached hydrogens (primary N) is 1. The van der Waals surface area contributed by atoms with E-state index in [0.717, 1.165) is 0 Å². The van der Waals surface area contributed by atoms with E-state index in [2.05, 4.69) is 10.6 Å². The van der Waals surface area contributed by atoms with Gasteiger partial charge in [-0.15, -0.1) is 0 Å². The van der Waals surface area contributed by atoms with Gasteiger partial charge in [0.25, 0.3) is 0 Å². The maximum Gasteiger partial charge on any atom is 0.246 e. The second kappa shape index (κ2) is 4.14. The van der Waals surface area contributed by atoms with Crippen molar-refractivity contribution in [2.75, 3.05) is 5.32 Å². The molecule has 0 aromatic heterocycles. The quantitative estimate of drug-likeness (QED) is 0.706. The van der Waals surface area contributed by atoms with Crippen LogP contribution in [0.25, 0.3) is 0 Å². The predicted octanol–water partition coefficient (Wildman–Crippen LogP) is 0.282. The summed E-state index contributed by atoms with van der Waals surface area (Å²) >= 11 is 0. The van der Waals surface area contributed by atoms with Gasteiger partial charge >= 0.3 is 0 Å². The lowest BCUT2D eigenvalue weighted by molar-refractivity contribution is -0.121. The third-order valence-corrected chi connectivity index (χ3v) is 2.69. The van der Waals surface area contributed by atoms with Crippen molar-refractivity contribution in [1.29, 1.82) is 0 Å². The molecule has 0 aliphatic carbocycles. The van der Waals surface area contributed by atoms with Crippen molar-refractivity contribution in [3.63, 3.8) is 0 Å². The fraction of sp³-hybridized carbons (Fsp3) is 0.273. The van der Waals surface area contributed by atoms with Gasteiger partial charge in [-0.1, -0.05) is 0 Å². The first kappa shape index (κ1) is 11.5. The highest BCUT2D eigenvalue weighted by Crippen LogP contribution is 2.31. The molecule has 0 radical (unpaired) electrons. The molecule has 0 fully saturated rings. The summed E-state index contributed by atoms with van der Waals surface area (Å²) in [5.74, 6) is -1.32. The number of halogens is 1.